The molecule has 0 unspecified atom stereocenters. The number of aryl methyl sites for hydroxylation is 1. The molecule has 2 rings (SSSR count). The zero-order valence-corrected chi connectivity index (χ0v) is 11.3. The van der Waals surface area contributed by atoms with E-state index in [1.54, 1.807) is 0 Å². The summed E-state index contributed by atoms with van der Waals surface area (Å²) in [5, 5.41) is 0. The van der Waals surface area contributed by atoms with Crippen molar-refractivity contribution in [1.29, 1.82) is 0 Å². The Morgan fingerprint density at radius 3 is 2.41 bits per heavy atom. The van der Waals surface area contributed by atoms with Gasteiger partial charge < -0.3 is 4.98 Å². The average Bonchev–Trinajstić information content (AvgIpc) is 2.74. The van der Waals surface area contributed by atoms with Crippen molar-refractivity contribution in [2.24, 2.45) is 4.99 Å². The van der Waals surface area contributed by atoms with Crippen LogP contribution in [0.1, 0.15) is 43.3 Å². The first-order valence-corrected chi connectivity index (χ1v) is 6.16. The summed E-state index contributed by atoms with van der Waals surface area (Å²) >= 11 is 0. The highest BCUT2D eigenvalue weighted by molar-refractivity contribution is 5.87. The Bertz CT molecular complexity index is 540. The summed E-state index contributed by atoms with van der Waals surface area (Å²) in [6.07, 6.45) is 5.17. The zero-order valence-electron chi connectivity index (χ0n) is 11.3. The number of H-pyrrole nitrogens is 1. The van der Waals surface area contributed by atoms with E-state index in [0.29, 0.717) is 0 Å². The second-order valence-corrected chi connectivity index (χ2v) is 4.72. The van der Waals surface area contributed by atoms with Crippen LogP contribution in [0, 0.1) is 13.8 Å². The predicted octanol–water partition coefficient (Wildman–Crippen LogP) is 3.96. The van der Waals surface area contributed by atoms with E-state index in [2.05, 4.69) is 50.7 Å². The molecule has 0 spiro atoms. The Morgan fingerprint density at radius 2 is 1.94 bits per heavy atom. The van der Waals surface area contributed by atoms with Gasteiger partial charge in [0.1, 0.15) is 0 Å². The highest BCUT2D eigenvalue weighted by Gasteiger charge is 2.12. The molecule has 17 heavy (non-hydrogen) atoms. The van der Waals surface area contributed by atoms with Crippen LogP contribution in [0.4, 0.5) is 0 Å². The van der Waals surface area contributed by atoms with Crippen LogP contribution in [0.15, 0.2) is 21.8 Å². The monoisotopic (exact) mass is 228 g/mol. The van der Waals surface area contributed by atoms with Crippen molar-refractivity contribution >= 4 is 12.3 Å². The Morgan fingerprint density at radius 1 is 1.24 bits per heavy atom. The van der Waals surface area contributed by atoms with Crippen molar-refractivity contribution < 1.29 is 0 Å². The van der Waals surface area contributed by atoms with E-state index >= 15 is 0 Å². The summed E-state index contributed by atoms with van der Waals surface area (Å²) in [6.45, 7) is 10.7. The lowest BCUT2D eigenvalue weighted by Crippen LogP contribution is -1.84. The molecule has 0 aliphatic carbocycles. The maximum Gasteiger partial charge on any atom is 0.0682 e. The number of nitrogens with zero attached hydrogens (tertiary/aromatic N) is 1. The zero-order chi connectivity index (χ0) is 12.6. The molecule has 0 atom stereocenters. The number of rotatable bonds is 2. The van der Waals surface area contributed by atoms with Crippen LogP contribution in [-0.2, 0) is 6.42 Å². The molecule has 0 amide bonds. The highest BCUT2D eigenvalue weighted by Crippen LogP contribution is 2.26. The molecule has 1 aromatic heterocycles. The molecule has 0 radical (unpaired) electrons. The van der Waals surface area contributed by atoms with Gasteiger partial charge in [0.05, 0.1) is 5.70 Å². The van der Waals surface area contributed by atoms with Gasteiger partial charge >= 0.3 is 0 Å². The van der Waals surface area contributed by atoms with Crippen molar-refractivity contribution in [3.05, 3.63) is 39.4 Å². The Labute approximate surface area is 103 Å². The summed E-state index contributed by atoms with van der Waals surface area (Å²) in [5.74, 6) is 0. The predicted molar refractivity (Wildman–Crippen MR) is 74.5 cm³/mol. The molecule has 0 fully saturated rings. The smallest absolute Gasteiger partial charge is 0.0682 e. The Hall–Kier alpha value is -1.57. The van der Waals surface area contributed by atoms with Gasteiger partial charge in [-0.25, -0.2) is 0 Å². The number of aliphatic imine (C=N–C) groups is 1. The second kappa shape index (κ2) is 4.36. The molecule has 1 aromatic rings. The molecule has 0 saturated heterocycles. The van der Waals surface area contributed by atoms with Gasteiger partial charge in [-0.3, -0.25) is 4.99 Å². The minimum Gasteiger partial charge on any atom is -0.359 e. The fourth-order valence-electron chi connectivity index (χ4n) is 2.33. The third kappa shape index (κ3) is 1.99. The first kappa shape index (κ1) is 11.9. The molecule has 0 saturated carbocycles. The van der Waals surface area contributed by atoms with Crippen molar-refractivity contribution in [3.63, 3.8) is 0 Å². The number of allylic oxidation sites excluding steroid dienone is 2. The largest absolute Gasteiger partial charge is 0.359 e. The van der Waals surface area contributed by atoms with Crippen LogP contribution in [0.5, 0.6) is 0 Å². The second-order valence-electron chi connectivity index (χ2n) is 4.72. The SMILES string of the molecule is CCc1c(C)[nH]c(C=C2N=CC(C)=C2C)c1C. The van der Waals surface area contributed by atoms with Crippen LogP contribution in [0.3, 0.4) is 0 Å². The van der Waals surface area contributed by atoms with Gasteiger partial charge in [0.15, 0.2) is 0 Å². The minimum absolute atomic E-state index is 1.08. The van der Waals surface area contributed by atoms with Crippen molar-refractivity contribution in [1.82, 2.24) is 4.98 Å². The van der Waals surface area contributed by atoms with E-state index in [-0.39, 0.29) is 0 Å². The Balaban J connectivity index is 2.45. The summed E-state index contributed by atoms with van der Waals surface area (Å²) < 4.78 is 0. The van der Waals surface area contributed by atoms with Gasteiger partial charge in [0.2, 0.25) is 0 Å². The molecule has 1 aliphatic rings. The minimum atomic E-state index is 1.08. The van der Waals surface area contributed by atoms with Crippen molar-refractivity contribution in [2.45, 2.75) is 41.0 Å². The molecule has 0 bridgehead atoms. The lowest BCUT2D eigenvalue weighted by Gasteiger charge is -1.99. The molecule has 1 aliphatic heterocycles. The fourth-order valence-corrected chi connectivity index (χ4v) is 2.33. The number of aromatic nitrogens is 1. The van der Waals surface area contributed by atoms with Crippen LogP contribution < -0.4 is 0 Å². The third-order valence-corrected chi connectivity index (χ3v) is 3.64. The number of hydrogen-bond donors (Lipinski definition) is 1. The van der Waals surface area contributed by atoms with E-state index < -0.39 is 0 Å². The van der Waals surface area contributed by atoms with Crippen LogP contribution in [-0.4, -0.2) is 11.2 Å². The van der Waals surface area contributed by atoms with E-state index in [1.165, 1.54) is 33.7 Å². The van der Waals surface area contributed by atoms with Gasteiger partial charge in [-0.1, -0.05) is 6.92 Å². The maximum atomic E-state index is 4.44. The van der Waals surface area contributed by atoms with E-state index in [9.17, 15) is 0 Å². The van der Waals surface area contributed by atoms with E-state index in [0.717, 1.165) is 12.1 Å². The van der Waals surface area contributed by atoms with Gasteiger partial charge in [-0.05, 0) is 62.5 Å². The number of hydrogen-bond acceptors (Lipinski definition) is 1. The first-order chi connectivity index (χ1) is 8.04. The highest BCUT2D eigenvalue weighted by atomic mass is 14.8. The van der Waals surface area contributed by atoms with Gasteiger partial charge in [0.25, 0.3) is 0 Å². The molecule has 90 valence electrons. The van der Waals surface area contributed by atoms with Crippen molar-refractivity contribution in [2.75, 3.05) is 0 Å². The quantitative estimate of drug-likeness (QED) is 0.793. The Kier molecular flexibility index (Phi) is 3.05. The number of aromatic amines is 1. The normalized spacial score (nSPS) is 17.6. The van der Waals surface area contributed by atoms with Gasteiger partial charge in [0, 0.05) is 17.6 Å². The van der Waals surface area contributed by atoms with Gasteiger partial charge in [-0.2, -0.15) is 0 Å². The van der Waals surface area contributed by atoms with Crippen LogP contribution in [0.25, 0.3) is 6.08 Å². The summed E-state index contributed by atoms with van der Waals surface area (Å²) in [5.41, 5.74) is 8.86. The molecule has 2 heterocycles. The molecular formula is C15H20N2. The summed E-state index contributed by atoms with van der Waals surface area (Å²) in [7, 11) is 0. The molecule has 2 heteroatoms. The van der Waals surface area contributed by atoms with Crippen LogP contribution in [0.2, 0.25) is 0 Å². The third-order valence-electron chi connectivity index (χ3n) is 3.64. The van der Waals surface area contributed by atoms with E-state index in [4.69, 9.17) is 0 Å². The van der Waals surface area contributed by atoms with Gasteiger partial charge in [-0.15, -0.1) is 0 Å². The molecular weight excluding hydrogens is 208 g/mol. The lowest BCUT2D eigenvalue weighted by atomic mass is 10.1. The first-order valence-electron chi connectivity index (χ1n) is 6.16. The van der Waals surface area contributed by atoms with E-state index in [1.807, 2.05) is 6.21 Å². The van der Waals surface area contributed by atoms with Crippen LogP contribution >= 0.6 is 0 Å². The summed E-state index contributed by atoms with van der Waals surface area (Å²) in [4.78, 5) is 7.89. The fraction of sp³-hybridized carbons (Fsp3) is 0.400. The summed E-state index contributed by atoms with van der Waals surface area (Å²) in [6, 6.07) is 0. The maximum absolute atomic E-state index is 4.44. The topological polar surface area (TPSA) is 28.1 Å². The lowest BCUT2D eigenvalue weighted by molar-refractivity contribution is 1.08. The molecule has 0 aromatic carbocycles. The van der Waals surface area contributed by atoms with Crippen molar-refractivity contribution in [3.8, 4) is 0 Å². The standard InChI is InChI=1S/C15H20N2/c1-6-13-11(4)15(17-12(13)5)7-14-10(3)9(2)8-16-14/h7-8,17H,6H2,1-5H3. The number of nitrogens with one attached hydrogen (secondary N) is 1. The average molecular weight is 228 g/mol. The molecule has 2 nitrogen and oxygen atoms in total. The molecule has 1 N–H and O–H groups in total.